The molecule has 2 saturated heterocycles. The maximum Gasteiger partial charge on any atom is 0.126 e. The lowest BCUT2D eigenvalue weighted by atomic mass is 10.0. The summed E-state index contributed by atoms with van der Waals surface area (Å²) in [6, 6.07) is 0. The molecule has 2 unspecified atom stereocenters. The maximum atomic E-state index is 13.0. The molecular weight excluding hydrogens is 183 g/mol. The number of hydrogen-bond acceptors (Lipinski definition) is 3. The topological polar surface area (TPSA) is 32.3 Å². The highest BCUT2D eigenvalue weighted by Crippen LogP contribution is 2.21. The summed E-state index contributed by atoms with van der Waals surface area (Å²) in [5.41, 5.74) is 0.755. The number of piperidine rings is 1. The van der Waals surface area contributed by atoms with Crippen LogP contribution in [0, 0.1) is 0 Å². The molecule has 0 aromatic carbocycles. The zero-order chi connectivity index (χ0) is 9.97. The fraction of sp³-hybridized carbons (Fsp3) is 0.800. The van der Waals surface area contributed by atoms with E-state index in [1.54, 1.807) is 0 Å². The molecule has 2 atom stereocenters. The summed E-state index contributed by atoms with van der Waals surface area (Å²) in [7, 11) is 0. The van der Waals surface area contributed by atoms with Gasteiger partial charge in [0.15, 0.2) is 0 Å². The highest BCUT2D eigenvalue weighted by atomic mass is 19.1. The van der Waals surface area contributed by atoms with Crippen molar-refractivity contribution in [2.45, 2.75) is 31.6 Å². The molecule has 2 heterocycles. The Morgan fingerprint density at radius 1 is 1.57 bits per heavy atom. The van der Waals surface area contributed by atoms with Gasteiger partial charge in [0, 0.05) is 18.7 Å². The van der Waals surface area contributed by atoms with Crippen molar-refractivity contribution in [1.82, 2.24) is 10.2 Å². The molecule has 3 nitrogen and oxygen atoms in total. The largest absolute Gasteiger partial charge is 0.298 e. The van der Waals surface area contributed by atoms with Gasteiger partial charge in [-0.2, -0.15) is 0 Å². The molecule has 2 aliphatic heterocycles. The average molecular weight is 198 g/mol. The lowest BCUT2D eigenvalue weighted by Crippen LogP contribution is -2.49. The number of nitrogens with zero attached hydrogens (tertiary/aromatic N) is 1. The van der Waals surface area contributed by atoms with E-state index in [4.69, 9.17) is 0 Å². The Labute approximate surface area is 83.0 Å². The Bertz CT molecular complexity index is 263. The molecule has 0 aromatic rings. The number of hydrogen-bond donors (Lipinski definition) is 1. The molecule has 0 aliphatic carbocycles. The van der Waals surface area contributed by atoms with Gasteiger partial charge in [-0.05, 0) is 25.8 Å². The first-order valence-corrected chi connectivity index (χ1v) is 5.16. The number of rotatable bonds is 1. The van der Waals surface area contributed by atoms with Crippen LogP contribution >= 0.6 is 0 Å². The molecular formula is C10H15FN2O. The molecule has 4 heteroatoms. The molecule has 0 radical (unpaired) electrons. The summed E-state index contributed by atoms with van der Waals surface area (Å²) >= 11 is 0. The molecule has 0 saturated carbocycles. The van der Waals surface area contributed by atoms with Crippen LogP contribution in [0.2, 0.25) is 0 Å². The number of likely N-dealkylation sites (tertiary alicyclic amines) is 1. The lowest BCUT2D eigenvalue weighted by Gasteiger charge is -2.32. The summed E-state index contributed by atoms with van der Waals surface area (Å²) in [5, 5.41) is 3.24. The van der Waals surface area contributed by atoms with Gasteiger partial charge >= 0.3 is 0 Å². The molecule has 0 amide bonds. The van der Waals surface area contributed by atoms with Gasteiger partial charge in [-0.15, -0.1) is 0 Å². The molecule has 2 rings (SSSR count). The van der Waals surface area contributed by atoms with Crippen molar-refractivity contribution in [3.8, 4) is 0 Å². The number of nitrogens with one attached hydrogen (secondary N) is 1. The summed E-state index contributed by atoms with van der Waals surface area (Å²) in [6.07, 6.45) is 1.58. The molecule has 2 fully saturated rings. The molecule has 2 aliphatic rings. The smallest absolute Gasteiger partial charge is 0.126 e. The fourth-order valence-electron chi connectivity index (χ4n) is 2.21. The standard InChI is InChI=1S/C10H15FN2O/c11-9-3-5-13(6-9)10-8(7-14)2-1-4-12-10/h9-10,12H,1-6H2. The lowest BCUT2D eigenvalue weighted by molar-refractivity contribution is 0.200. The van der Waals surface area contributed by atoms with Gasteiger partial charge in [0.2, 0.25) is 0 Å². The van der Waals surface area contributed by atoms with Crippen molar-refractivity contribution in [1.29, 1.82) is 0 Å². The summed E-state index contributed by atoms with van der Waals surface area (Å²) in [5.74, 6) is 1.99. The van der Waals surface area contributed by atoms with Crippen LogP contribution in [0.5, 0.6) is 0 Å². The van der Waals surface area contributed by atoms with E-state index in [1.807, 2.05) is 10.8 Å². The van der Waals surface area contributed by atoms with E-state index in [9.17, 15) is 9.18 Å². The van der Waals surface area contributed by atoms with E-state index in [-0.39, 0.29) is 6.17 Å². The highest BCUT2D eigenvalue weighted by molar-refractivity contribution is 5.54. The van der Waals surface area contributed by atoms with Crippen LogP contribution < -0.4 is 5.32 Å². The molecule has 0 bridgehead atoms. The molecule has 1 N–H and O–H groups in total. The second-order valence-electron chi connectivity index (χ2n) is 3.97. The first-order chi connectivity index (χ1) is 6.81. The van der Waals surface area contributed by atoms with Gasteiger partial charge in [0.25, 0.3) is 0 Å². The Hall–Kier alpha value is -0.700. The maximum absolute atomic E-state index is 13.0. The van der Waals surface area contributed by atoms with E-state index in [1.165, 1.54) is 0 Å². The minimum Gasteiger partial charge on any atom is -0.298 e. The average Bonchev–Trinajstić information content (AvgIpc) is 2.65. The van der Waals surface area contributed by atoms with Crippen molar-refractivity contribution in [3.63, 3.8) is 0 Å². The quantitative estimate of drug-likeness (QED) is 0.623. The molecule has 14 heavy (non-hydrogen) atoms. The van der Waals surface area contributed by atoms with E-state index >= 15 is 0 Å². The van der Waals surface area contributed by atoms with Gasteiger partial charge in [-0.3, -0.25) is 10.2 Å². The van der Waals surface area contributed by atoms with Crippen LogP contribution in [-0.2, 0) is 4.79 Å². The first-order valence-electron chi connectivity index (χ1n) is 5.16. The first kappa shape index (κ1) is 9.84. The van der Waals surface area contributed by atoms with Crippen LogP contribution in [0.4, 0.5) is 4.39 Å². The van der Waals surface area contributed by atoms with Crippen LogP contribution in [0.3, 0.4) is 0 Å². The zero-order valence-electron chi connectivity index (χ0n) is 8.13. The van der Waals surface area contributed by atoms with Gasteiger partial charge in [0.05, 0.1) is 6.17 Å². The van der Waals surface area contributed by atoms with Crippen LogP contribution in [0.15, 0.2) is 5.57 Å². The Morgan fingerprint density at radius 2 is 2.43 bits per heavy atom. The summed E-state index contributed by atoms with van der Waals surface area (Å²) < 4.78 is 13.0. The van der Waals surface area contributed by atoms with E-state index in [2.05, 4.69) is 5.32 Å². The van der Waals surface area contributed by atoms with Crippen molar-refractivity contribution >= 4 is 5.94 Å². The van der Waals surface area contributed by atoms with Gasteiger partial charge in [-0.25, -0.2) is 9.18 Å². The molecule has 0 aromatic heterocycles. The molecule has 0 spiro atoms. The third kappa shape index (κ3) is 1.87. The third-order valence-corrected chi connectivity index (χ3v) is 2.95. The molecule has 78 valence electrons. The second kappa shape index (κ2) is 4.22. The third-order valence-electron chi connectivity index (χ3n) is 2.95. The predicted molar refractivity (Wildman–Crippen MR) is 51.3 cm³/mol. The Kier molecular flexibility index (Phi) is 2.96. The Balaban J connectivity index is 2.04. The monoisotopic (exact) mass is 198 g/mol. The van der Waals surface area contributed by atoms with E-state index in [0.29, 0.717) is 13.0 Å². The zero-order valence-corrected chi connectivity index (χ0v) is 8.13. The van der Waals surface area contributed by atoms with Crippen molar-refractivity contribution < 1.29 is 9.18 Å². The van der Waals surface area contributed by atoms with Crippen LogP contribution in [0.25, 0.3) is 0 Å². The van der Waals surface area contributed by atoms with Crippen molar-refractivity contribution in [2.75, 3.05) is 19.6 Å². The fourth-order valence-corrected chi connectivity index (χ4v) is 2.21. The predicted octanol–water partition coefficient (Wildman–Crippen LogP) is 0.498. The van der Waals surface area contributed by atoms with E-state index < -0.39 is 6.17 Å². The minimum atomic E-state index is -0.730. The van der Waals surface area contributed by atoms with Gasteiger partial charge < -0.3 is 0 Å². The normalized spacial score (nSPS) is 34.5. The number of halogens is 1. The van der Waals surface area contributed by atoms with E-state index in [0.717, 1.165) is 31.5 Å². The SMILES string of the molecule is O=C=C1CCCNC1N1CCC(F)C1. The van der Waals surface area contributed by atoms with Crippen LogP contribution in [0.1, 0.15) is 19.3 Å². The van der Waals surface area contributed by atoms with Crippen LogP contribution in [-0.4, -0.2) is 42.8 Å². The van der Waals surface area contributed by atoms with Crippen molar-refractivity contribution in [2.24, 2.45) is 0 Å². The number of alkyl halides is 1. The summed E-state index contributed by atoms with van der Waals surface area (Å²) in [6.45, 7) is 2.09. The second-order valence-corrected chi connectivity index (χ2v) is 3.97. The number of carbonyl (C=O) groups excluding carboxylic acids is 1. The highest BCUT2D eigenvalue weighted by Gasteiger charge is 2.31. The Morgan fingerprint density at radius 3 is 3.07 bits per heavy atom. The summed E-state index contributed by atoms with van der Waals surface area (Å²) in [4.78, 5) is 12.7. The van der Waals surface area contributed by atoms with Gasteiger partial charge in [0.1, 0.15) is 12.1 Å². The minimum absolute atomic E-state index is 0.0537. The van der Waals surface area contributed by atoms with Crippen molar-refractivity contribution in [3.05, 3.63) is 5.57 Å². The van der Waals surface area contributed by atoms with Gasteiger partial charge in [-0.1, -0.05) is 0 Å².